The number of amides is 1. The summed E-state index contributed by atoms with van der Waals surface area (Å²) in [6.07, 6.45) is 3.90. The van der Waals surface area contributed by atoms with Gasteiger partial charge in [-0.2, -0.15) is 0 Å². The van der Waals surface area contributed by atoms with Crippen LogP contribution < -0.4 is 10.2 Å². The van der Waals surface area contributed by atoms with E-state index in [4.69, 9.17) is 4.98 Å². The fourth-order valence-electron chi connectivity index (χ4n) is 3.39. The number of carbonyl (C=O) groups excluding carboxylic acids is 1. The first kappa shape index (κ1) is 18.1. The van der Waals surface area contributed by atoms with E-state index >= 15 is 0 Å². The zero-order chi connectivity index (χ0) is 19.5. The second kappa shape index (κ2) is 7.75. The lowest BCUT2D eigenvalue weighted by Crippen LogP contribution is -2.35. The third kappa shape index (κ3) is 3.71. The van der Waals surface area contributed by atoms with Crippen LogP contribution in [0.5, 0.6) is 0 Å². The molecule has 8 heteroatoms. The maximum Gasteiger partial charge on any atom is 0.270 e. The third-order valence-electron chi connectivity index (χ3n) is 4.93. The van der Waals surface area contributed by atoms with Gasteiger partial charge in [0.25, 0.3) is 5.91 Å². The van der Waals surface area contributed by atoms with E-state index in [-0.39, 0.29) is 5.91 Å². The molecule has 4 rings (SSSR count). The van der Waals surface area contributed by atoms with Crippen LogP contribution in [0.25, 0.3) is 0 Å². The minimum atomic E-state index is -0.127. The zero-order valence-corrected chi connectivity index (χ0v) is 16.1. The summed E-state index contributed by atoms with van der Waals surface area (Å²) >= 11 is 0. The van der Waals surface area contributed by atoms with Gasteiger partial charge in [0.05, 0.1) is 6.54 Å². The highest BCUT2D eigenvalue weighted by Gasteiger charge is 2.25. The van der Waals surface area contributed by atoms with Crippen molar-refractivity contribution in [1.29, 1.82) is 0 Å². The first-order chi connectivity index (χ1) is 13.6. The molecule has 0 atom stereocenters. The number of carbonyl (C=O) groups is 1. The molecule has 28 heavy (non-hydrogen) atoms. The fourth-order valence-corrected chi connectivity index (χ4v) is 3.39. The molecule has 0 unspecified atom stereocenters. The Balaban J connectivity index is 1.64. The van der Waals surface area contributed by atoms with E-state index in [9.17, 15) is 4.79 Å². The van der Waals surface area contributed by atoms with Gasteiger partial charge in [0, 0.05) is 32.6 Å². The highest BCUT2D eigenvalue weighted by molar-refractivity contribution is 5.96. The monoisotopic (exact) mass is 377 g/mol. The quantitative estimate of drug-likeness (QED) is 0.697. The number of aryl methyl sites for hydroxylation is 3. The number of benzene rings is 1. The van der Waals surface area contributed by atoms with Crippen LogP contribution in [0.4, 0.5) is 5.82 Å². The molecule has 3 aromatic rings. The van der Waals surface area contributed by atoms with Crippen molar-refractivity contribution in [2.24, 2.45) is 7.05 Å². The second-order valence-corrected chi connectivity index (χ2v) is 7.00. The normalized spacial score (nSPS) is 13.1. The first-order valence-corrected chi connectivity index (χ1v) is 9.37. The van der Waals surface area contributed by atoms with E-state index in [2.05, 4.69) is 32.6 Å². The Hall–Kier alpha value is -3.29. The van der Waals surface area contributed by atoms with E-state index in [1.165, 1.54) is 5.56 Å². The Morgan fingerprint density at radius 1 is 1.18 bits per heavy atom. The topological polar surface area (TPSA) is 88.8 Å². The molecule has 0 radical (unpaired) electrons. The summed E-state index contributed by atoms with van der Waals surface area (Å²) in [6.45, 7) is 1.16. The highest BCUT2D eigenvalue weighted by atomic mass is 16.1. The molecule has 0 fully saturated rings. The molecule has 1 N–H and O–H groups in total. The van der Waals surface area contributed by atoms with Crippen molar-refractivity contribution in [3.05, 3.63) is 65.1 Å². The van der Waals surface area contributed by atoms with Crippen LogP contribution in [0.3, 0.4) is 0 Å². The highest BCUT2D eigenvalue weighted by Crippen LogP contribution is 2.24. The zero-order valence-electron chi connectivity index (χ0n) is 16.1. The van der Waals surface area contributed by atoms with Crippen molar-refractivity contribution in [2.75, 3.05) is 18.5 Å². The van der Waals surface area contributed by atoms with Crippen molar-refractivity contribution in [1.82, 2.24) is 30.0 Å². The maximum absolute atomic E-state index is 12.4. The Morgan fingerprint density at radius 3 is 2.75 bits per heavy atom. The van der Waals surface area contributed by atoms with E-state index in [0.717, 1.165) is 30.0 Å². The van der Waals surface area contributed by atoms with Crippen LogP contribution >= 0.6 is 0 Å². The molecule has 144 valence electrons. The minimum Gasteiger partial charge on any atom is -0.352 e. The number of anilines is 1. The van der Waals surface area contributed by atoms with Crippen molar-refractivity contribution >= 4 is 11.7 Å². The summed E-state index contributed by atoms with van der Waals surface area (Å²) < 4.78 is 1.88. The van der Waals surface area contributed by atoms with E-state index in [1.54, 1.807) is 6.33 Å². The predicted molar refractivity (Wildman–Crippen MR) is 105 cm³/mol. The second-order valence-electron chi connectivity index (χ2n) is 7.00. The summed E-state index contributed by atoms with van der Waals surface area (Å²) in [6, 6.07) is 10.2. The minimum absolute atomic E-state index is 0.127. The molecular formula is C20H23N7O. The standard InChI is InChI=1S/C20H23N7O/c1-26(12-17-25-22-13-27(17)2)19-15-10-11-21-20(28)18(15)23-16(24-19)9-8-14-6-4-3-5-7-14/h3-7,13H,8-12H2,1-2H3,(H,21,28). The molecule has 0 bridgehead atoms. The lowest BCUT2D eigenvalue weighted by Gasteiger charge is -2.25. The molecule has 2 aromatic heterocycles. The Bertz CT molecular complexity index is 983. The summed E-state index contributed by atoms with van der Waals surface area (Å²) in [5.74, 6) is 2.18. The summed E-state index contributed by atoms with van der Waals surface area (Å²) in [5.41, 5.74) is 2.61. The fraction of sp³-hybridized carbons (Fsp3) is 0.350. The molecule has 0 aliphatic carbocycles. The van der Waals surface area contributed by atoms with Crippen LogP contribution in [0.15, 0.2) is 36.7 Å². The van der Waals surface area contributed by atoms with Crippen LogP contribution in [-0.2, 0) is 32.9 Å². The van der Waals surface area contributed by atoms with Crippen LogP contribution in [0.2, 0.25) is 0 Å². The molecule has 1 aliphatic rings. The summed E-state index contributed by atoms with van der Waals surface area (Å²) in [4.78, 5) is 23.8. The molecule has 0 saturated heterocycles. The number of aromatic nitrogens is 5. The van der Waals surface area contributed by atoms with Gasteiger partial charge in [0.2, 0.25) is 0 Å². The van der Waals surface area contributed by atoms with E-state index < -0.39 is 0 Å². The number of hydrogen-bond donors (Lipinski definition) is 1. The number of rotatable bonds is 6. The number of nitrogens with one attached hydrogen (secondary N) is 1. The smallest absolute Gasteiger partial charge is 0.270 e. The van der Waals surface area contributed by atoms with Crippen molar-refractivity contribution < 1.29 is 4.79 Å². The summed E-state index contributed by atoms with van der Waals surface area (Å²) in [5, 5.41) is 11.0. The van der Waals surface area contributed by atoms with Gasteiger partial charge in [-0.25, -0.2) is 9.97 Å². The van der Waals surface area contributed by atoms with Crippen molar-refractivity contribution in [3.63, 3.8) is 0 Å². The molecule has 1 aliphatic heterocycles. The van der Waals surface area contributed by atoms with Gasteiger partial charge in [-0.3, -0.25) is 4.79 Å². The van der Waals surface area contributed by atoms with Crippen molar-refractivity contribution in [2.45, 2.75) is 25.8 Å². The van der Waals surface area contributed by atoms with Gasteiger partial charge in [0.15, 0.2) is 5.82 Å². The van der Waals surface area contributed by atoms with Gasteiger partial charge in [-0.05, 0) is 18.4 Å². The number of nitrogens with zero attached hydrogens (tertiary/aromatic N) is 6. The van der Waals surface area contributed by atoms with E-state index in [0.29, 0.717) is 31.0 Å². The van der Waals surface area contributed by atoms with Crippen LogP contribution in [0.1, 0.15) is 33.3 Å². The molecule has 0 saturated carbocycles. The molecule has 0 spiro atoms. The molecule has 1 amide bonds. The first-order valence-electron chi connectivity index (χ1n) is 9.37. The SMILES string of the molecule is CN(Cc1nncn1C)c1nc(CCc2ccccc2)nc2c1CCNC2=O. The summed E-state index contributed by atoms with van der Waals surface area (Å²) in [7, 11) is 3.88. The molecule has 8 nitrogen and oxygen atoms in total. The average molecular weight is 377 g/mol. The Morgan fingerprint density at radius 2 is 2.00 bits per heavy atom. The largest absolute Gasteiger partial charge is 0.352 e. The van der Waals surface area contributed by atoms with Crippen LogP contribution in [-0.4, -0.2) is 44.2 Å². The lowest BCUT2D eigenvalue weighted by molar-refractivity contribution is 0.0940. The van der Waals surface area contributed by atoms with Gasteiger partial charge in [-0.1, -0.05) is 30.3 Å². The van der Waals surface area contributed by atoms with Crippen LogP contribution in [0, 0.1) is 0 Å². The van der Waals surface area contributed by atoms with Gasteiger partial charge in [0.1, 0.15) is 23.7 Å². The van der Waals surface area contributed by atoms with Gasteiger partial charge < -0.3 is 14.8 Å². The average Bonchev–Trinajstić information content (AvgIpc) is 3.11. The lowest BCUT2D eigenvalue weighted by atomic mass is 10.0. The molecule has 3 heterocycles. The number of hydrogen-bond acceptors (Lipinski definition) is 6. The van der Waals surface area contributed by atoms with E-state index in [1.807, 2.05) is 41.8 Å². The maximum atomic E-state index is 12.4. The Kier molecular flexibility index (Phi) is 5.01. The predicted octanol–water partition coefficient (Wildman–Crippen LogP) is 1.31. The number of fused-ring (bicyclic) bond motifs is 1. The molecular weight excluding hydrogens is 354 g/mol. The Labute approximate surface area is 163 Å². The third-order valence-corrected chi connectivity index (χ3v) is 4.93. The van der Waals surface area contributed by atoms with Gasteiger partial charge in [-0.15, -0.1) is 10.2 Å². The van der Waals surface area contributed by atoms with Gasteiger partial charge >= 0.3 is 0 Å². The molecule has 1 aromatic carbocycles. The van der Waals surface area contributed by atoms with Crippen molar-refractivity contribution in [3.8, 4) is 0 Å².